The van der Waals surface area contributed by atoms with Crippen LogP contribution in [0.3, 0.4) is 0 Å². The molecule has 0 spiro atoms. The Morgan fingerprint density at radius 3 is 2.79 bits per heavy atom. The van der Waals surface area contributed by atoms with Gasteiger partial charge in [-0.3, -0.25) is 9.36 Å². The average molecular weight is 377 g/mol. The number of carbonyl (C=O) groups excluding carboxylic acids is 1. The Morgan fingerprint density at radius 2 is 2.07 bits per heavy atom. The van der Waals surface area contributed by atoms with Gasteiger partial charge in [-0.1, -0.05) is 18.2 Å². The number of methoxy groups -OCH3 is 1. The number of amides is 1. The van der Waals surface area contributed by atoms with Gasteiger partial charge in [0.1, 0.15) is 18.4 Å². The third-order valence-electron chi connectivity index (χ3n) is 5.18. The van der Waals surface area contributed by atoms with Crippen molar-refractivity contribution in [2.45, 2.75) is 25.4 Å². The van der Waals surface area contributed by atoms with Crippen LogP contribution in [0.15, 0.2) is 51.7 Å². The smallest absolute Gasteiger partial charge is 0.420 e. The third kappa shape index (κ3) is 3.03. The van der Waals surface area contributed by atoms with E-state index in [1.54, 1.807) is 30.2 Å². The van der Waals surface area contributed by atoms with Crippen molar-refractivity contribution in [3.63, 3.8) is 0 Å². The van der Waals surface area contributed by atoms with E-state index in [4.69, 9.17) is 9.15 Å². The molecule has 0 aliphatic carbocycles. The molecular weight excluding hydrogens is 358 g/mol. The van der Waals surface area contributed by atoms with Crippen LogP contribution in [-0.2, 0) is 11.3 Å². The monoisotopic (exact) mass is 377 g/mol. The van der Waals surface area contributed by atoms with Gasteiger partial charge in [0, 0.05) is 6.54 Å². The van der Waals surface area contributed by atoms with Crippen LogP contribution in [0.1, 0.15) is 30.0 Å². The van der Waals surface area contributed by atoms with E-state index in [2.05, 4.69) is 0 Å². The zero-order valence-corrected chi connectivity index (χ0v) is 15.4. The van der Waals surface area contributed by atoms with E-state index in [1.807, 2.05) is 30.3 Å². The number of nitriles is 1. The summed E-state index contributed by atoms with van der Waals surface area (Å²) >= 11 is 0. The maximum atomic E-state index is 13.0. The molecule has 0 N–H and O–H groups in total. The van der Waals surface area contributed by atoms with Crippen LogP contribution in [0.5, 0.6) is 5.75 Å². The van der Waals surface area contributed by atoms with Crippen LogP contribution in [-0.4, -0.2) is 29.0 Å². The zero-order chi connectivity index (χ0) is 19.7. The molecule has 1 amide bonds. The summed E-state index contributed by atoms with van der Waals surface area (Å²) in [5, 5.41) is 9.18. The van der Waals surface area contributed by atoms with Gasteiger partial charge in [0.15, 0.2) is 5.58 Å². The highest BCUT2D eigenvalue weighted by Gasteiger charge is 2.30. The number of rotatable bonds is 4. The lowest BCUT2D eigenvalue weighted by Crippen LogP contribution is -2.35. The van der Waals surface area contributed by atoms with Crippen LogP contribution < -0.4 is 10.5 Å². The molecule has 0 bridgehead atoms. The van der Waals surface area contributed by atoms with Crippen LogP contribution >= 0.6 is 0 Å². The molecule has 2 aromatic carbocycles. The Balaban J connectivity index is 1.61. The predicted octanol–water partition coefficient (Wildman–Crippen LogP) is 2.84. The van der Waals surface area contributed by atoms with E-state index in [9.17, 15) is 14.9 Å². The van der Waals surface area contributed by atoms with Crippen molar-refractivity contribution in [3.8, 4) is 11.8 Å². The third-order valence-corrected chi connectivity index (χ3v) is 5.18. The summed E-state index contributed by atoms with van der Waals surface area (Å²) in [7, 11) is 1.62. The van der Waals surface area contributed by atoms with E-state index in [0.29, 0.717) is 12.1 Å². The van der Waals surface area contributed by atoms with Crippen LogP contribution in [0.25, 0.3) is 11.1 Å². The van der Waals surface area contributed by atoms with Crippen molar-refractivity contribution >= 4 is 17.0 Å². The number of ether oxygens (including phenoxy) is 1. The van der Waals surface area contributed by atoms with E-state index in [1.165, 1.54) is 4.57 Å². The number of nitrogens with zero attached hydrogens (tertiary/aromatic N) is 3. The zero-order valence-electron chi connectivity index (χ0n) is 15.4. The highest BCUT2D eigenvalue weighted by Crippen LogP contribution is 2.33. The van der Waals surface area contributed by atoms with Gasteiger partial charge >= 0.3 is 5.76 Å². The van der Waals surface area contributed by atoms with Gasteiger partial charge < -0.3 is 14.1 Å². The fourth-order valence-electron chi connectivity index (χ4n) is 3.79. The van der Waals surface area contributed by atoms with Crippen LogP contribution in [0, 0.1) is 11.3 Å². The molecule has 3 aromatic rings. The largest absolute Gasteiger partial charge is 0.497 e. The van der Waals surface area contributed by atoms with Gasteiger partial charge in [-0.25, -0.2) is 4.79 Å². The van der Waals surface area contributed by atoms with Gasteiger partial charge in [0.05, 0.1) is 24.2 Å². The second kappa shape index (κ2) is 7.24. The highest BCUT2D eigenvalue weighted by atomic mass is 16.5. The Kier molecular flexibility index (Phi) is 4.62. The summed E-state index contributed by atoms with van der Waals surface area (Å²) in [5.41, 5.74) is 1.99. The molecule has 28 heavy (non-hydrogen) atoms. The number of fused-ring (bicyclic) bond motifs is 1. The summed E-state index contributed by atoms with van der Waals surface area (Å²) in [6.07, 6.45) is 1.78. The summed E-state index contributed by atoms with van der Waals surface area (Å²) < 4.78 is 11.7. The van der Waals surface area contributed by atoms with E-state index in [0.717, 1.165) is 24.2 Å². The fraction of sp³-hybridized carbons (Fsp3) is 0.286. The molecule has 0 saturated carbocycles. The minimum absolute atomic E-state index is 0.0260. The summed E-state index contributed by atoms with van der Waals surface area (Å²) in [4.78, 5) is 27.1. The lowest BCUT2D eigenvalue weighted by atomic mass is 10.0. The number of carbonyl (C=O) groups is 1. The Hall–Kier alpha value is -3.53. The Morgan fingerprint density at radius 1 is 1.29 bits per heavy atom. The van der Waals surface area contributed by atoms with Crippen molar-refractivity contribution in [1.82, 2.24) is 9.47 Å². The molecule has 0 radical (unpaired) electrons. The molecular formula is C21H19N3O4. The molecule has 7 nitrogen and oxygen atoms in total. The topological polar surface area (TPSA) is 88.5 Å². The molecule has 1 fully saturated rings. The highest BCUT2D eigenvalue weighted by molar-refractivity contribution is 5.82. The van der Waals surface area contributed by atoms with Crippen molar-refractivity contribution in [3.05, 3.63) is 64.1 Å². The number of hydrogen-bond acceptors (Lipinski definition) is 5. The molecule has 1 aromatic heterocycles. The molecule has 1 saturated heterocycles. The van der Waals surface area contributed by atoms with Gasteiger partial charge in [0.2, 0.25) is 5.91 Å². The summed E-state index contributed by atoms with van der Waals surface area (Å²) in [6.45, 7) is 0.525. The first-order valence-corrected chi connectivity index (χ1v) is 9.08. The van der Waals surface area contributed by atoms with Crippen molar-refractivity contribution in [2.75, 3.05) is 13.7 Å². The number of aromatic nitrogens is 1. The number of para-hydroxylation sites is 1. The molecule has 7 heteroatoms. The van der Waals surface area contributed by atoms with Crippen molar-refractivity contribution < 1.29 is 13.9 Å². The number of oxazole rings is 1. The van der Waals surface area contributed by atoms with Crippen molar-refractivity contribution in [1.29, 1.82) is 5.26 Å². The standard InChI is InChI=1S/C21H19N3O4/c1-27-16-9-7-14(8-10-16)17-6-3-11-23(17)19(25)13-24-18-5-2-4-15(12-22)20(18)28-21(24)26/h2,4-5,7-10,17H,3,6,11,13H2,1H3. The fourth-order valence-corrected chi connectivity index (χ4v) is 3.79. The SMILES string of the molecule is COc1ccc(C2CCCN2C(=O)Cn2c(=O)oc3c(C#N)cccc32)cc1. The quantitative estimate of drug-likeness (QED) is 0.698. The minimum Gasteiger partial charge on any atom is -0.497 e. The molecule has 1 aliphatic rings. The molecule has 1 unspecified atom stereocenters. The van der Waals surface area contributed by atoms with Gasteiger partial charge in [-0.2, -0.15) is 5.26 Å². The maximum absolute atomic E-state index is 13.0. The van der Waals surface area contributed by atoms with Crippen molar-refractivity contribution in [2.24, 2.45) is 0 Å². The number of benzene rings is 2. The number of likely N-dealkylation sites (tertiary alicyclic amines) is 1. The molecule has 2 heterocycles. The minimum atomic E-state index is -0.633. The first-order chi connectivity index (χ1) is 13.6. The molecule has 4 rings (SSSR count). The predicted molar refractivity (Wildman–Crippen MR) is 102 cm³/mol. The second-order valence-electron chi connectivity index (χ2n) is 6.74. The van der Waals surface area contributed by atoms with Gasteiger partial charge in [-0.05, 0) is 42.7 Å². The first-order valence-electron chi connectivity index (χ1n) is 9.08. The second-order valence-corrected chi connectivity index (χ2v) is 6.74. The summed E-state index contributed by atoms with van der Waals surface area (Å²) in [6, 6.07) is 14.6. The van der Waals surface area contributed by atoms with E-state index >= 15 is 0 Å². The Labute approximate surface area is 161 Å². The lowest BCUT2D eigenvalue weighted by molar-refractivity contribution is -0.132. The molecule has 1 atom stereocenters. The normalized spacial score (nSPS) is 16.3. The number of hydrogen-bond donors (Lipinski definition) is 0. The maximum Gasteiger partial charge on any atom is 0.420 e. The Bertz CT molecular complexity index is 1120. The first kappa shape index (κ1) is 17.9. The molecule has 1 aliphatic heterocycles. The van der Waals surface area contributed by atoms with Crippen LogP contribution in [0.4, 0.5) is 0 Å². The van der Waals surface area contributed by atoms with Gasteiger partial charge in [-0.15, -0.1) is 0 Å². The van der Waals surface area contributed by atoms with Crippen LogP contribution in [0.2, 0.25) is 0 Å². The lowest BCUT2D eigenvalue weighted by Gasteiger charge is -2.25. The summed E-state index contributed by atoms with van der Waals surface area (Å²) in [5.74, 6) is -0.0129. The average Bonchev–Trinajstić information content (AvgIpc) is 3.33. The van der Waals surface area contributed by atoms with Gasteiger partial charge in [0.25, 0.3) is 0 Å². The molecule has 142 valence electrons. The van der Waals surface area contributed by atoms with E-state index in [-0.39, 0.29) is 29.6 Å². The van der Waals surface area contributed by atoms with E-state index < -0.39 is 5.76 Å².